The minimum absolute atomic E-state index is 0.0902. The topological polar surface area (TPSA) is 15.3 Å². The van der Waals surface area contributed by atoms with E-state index in [2.05, 4.69) is 44.8 Å². The van der Waals surface area contributed by atoms with E-state index in [0.29, 0.717) is 12.0 Å². The van der Waals surface area contributed by atoms with Crippen LogP contribution in [-0.2, 0) is 6.54 Å². The molecule has 0 amide bonds. The molecule has 1 aliphatic heterocycles. The van der Waals surface area contributed by atoms with Crippen LogP contribution < -0.4 is 10.2 Å². The van der Waals surface area contributed by atoms with Gasteiger partial charge in [-0.2, -0.15) is 0 Å². The first-order chi connectivity index (χ1) is 9.79. The van der Waals surface area contributed by atoms with Gasteiger partial charge < -0.3 is 10.2 Å². The van der Waals surface area contributed by atoms with Crippen molar-refractivity contribution in [3.63, 3.8) is 0 Å². The maximum Gasteiger partial charge on any atom is 0.146 e. The molecule has 1 saturated heterocycles. The Bertz CT molecular complexity index is 477. The Balaban J connectivity index is 2.19. The second-order valence-electron chi connectivity index (χ2n) is 7.58. The molecule has 1 aromatic rings. The minimum Gasteiger partial charge on any atom is -0.369 e. The van der Waals surface area contributed by atoms with Crippen LogP contribution in [0.4, 0.5) is 10.1 Å². The highest BCUT2D eigenvalue weighted by Gasteiger charge is 2.33. The molecule has 118 valence electrons. The molecule has 1 aliphatic rings. The molecule has 2 rings (SSSR count). The highest BCUT2D eigenvalue weighted by atomic mass is 19.1. The van der Waals surface area contributed by atoms with Gasteiger partial charge in [0.2, 0.25) is 0 Å². The van der Waals surface area contributed by atoms with Gasteiger partial charge in [-0.05, 0) is 29.4 Å². The van der Waals surface area contributed by atoms with Crippen LogP contribution in [-0.4, -0.2) is 19.1 Å². The van der Waals surface area contributed by atoms with Crippen LogP contribution in [0.1, 0.15) is 46.6 Å². The van der Waals surface area contributed by atoms with Gasteiger partial charge in [0.15, 0.2) is 0 Å². The van der Waals surface area contributed by atoms with Crippen molar-refractivity contribution < 1.29 is 4.39 Å². The van der Waals surface area contributed by atoms with Crippen molar-refractivity contribution in [1.29, 1.82) is 0 Å². The van der Waals surface area contributed by atoms with Gasteiger partial charge in [0, 0.05) is 25.7 Å². The first-order valence-corrected chi connectivity index (χ1v) is 8.04. The zero-order chi connectivity index (χ0) is 15.6. The Morgan fingerprint density at radius 3 is 2.62 bits per heavy atom. The largest absolute Gasteiger partial charge is 0.369 e. The Hall–Kier alpha value is -1.09. The summed E-state index contributed by atoms with van der Waals surface area (Å²) in [5.74, 6) is 0.538. The fourth-order valence-corrected chi connectivity index (χ4v) is 3.04. The van der Waals surface area contributed by atoms with Gasteiger partial charge in [-0.15, -0.1) is 0 Å². The highest BCUT2D eigenvalue weighted by Crippen LogP contribution is 2.37. The molecule has 1 fully saturated rings. The number of benzene rings is 1. The Morgan fingerprint density at radius 1 is 1.33 bits per heavy atom. The maximum atomic E-state index is 14.4. The number of halogens is 1. The van der Waals surface area contributed by atoms with Gasteiger partial charge in [0.05, 0.1) is 5.69 Å². The Morgan fingerprint density at radius 2 is 2.05 bits per heavy atom. The van der Waals surface area contributed by atoms with E-state index in [0.717, 1.165) is 37.3 Å². The van der Waals surface area contributed by atoms with Crippen LogP contribution in [0.15, 0.2) is 18.2 Å². The highest BCUT2D eigenvalue weighted by molar-refractivity contribution is 5.55. The number of anilines is 1. The molecule has 0 aliphatic carbocycles. The van der Waals surface area contributed by atoms with Crippen molar-refractivity contribution in [2.24, 2.45) is 11.3 Å². The van der Waals surface area contributed by atoms with E-state index < -0.39 is 0 Å². The fraction of sp³-hybridized carbons (Fsp3) is 0.667. The molecule has 1 unspecified atom stereocenters. The molecule has 0 spiro atoms. The van der Waals surface area contributed by atoms with Crippen LogP contribution >= 0.6 is 0 Å². The lowest BCUT2D eigenvalue weighted by atomic mass is 9.80. The van der Waals surface area contributed by atoms with E-state index in [-0.39, 0.29) is 11.2 Å². The van der Waals surface area contributed by atoms with Gasteiger partial charge in [0.25, 0.3) is 0 Å². The monoisotopic (exact) mass is 292 g/mol. The van der Waals surface area contributed by atoms with Crippen LogP contribution in [0.25, 0.3) is 0 Å². The third-order valence-electron chi connectivity index (χ3n) is 4.50. The average Bonchev–Trinajstić information content (AvgIpc) is 2.85. The van der Waals surface area contributed by atoms with Crippen molar-refractivity contribution >= 4 is 5.69 Å². The third kappa shape index (κ3) is 3.97. The zero-order valence-electron chi connectivity index (χ0n) is 14.0. The normalized spacial score (nSPS) is 19.6. The fourth-order valence-electron chi connectivity index (χ4n) is 3.04. The predicted molar refractivity (Wildman–Crippen MR) is 88.2 cm³/mol. The van der Waals surface area contributed by atoms with Crippen LogP contribution in [0.5, 0.6) is 0 Å². The van der Waals surface area contributed by atoms with Gasteiger partial charge in [-0.1, -0.05) is 46.8 Å². The lowest BCUT2D eigenvalue weighted by molar-refractivity contribution is 0.263. The van der Waals surface area contributed by atoms with Crippen molar-refractivity contribution in [1.82, 2.24) is 5.32 Å². The Kier molecular flexibility index (Phi) is 4.92. The molecule has 3 heteroatoms. The van der Waals surface area contributed by atoms with E-state index in [4.69, 9.17) is 0 Å². The molecular weight excluding hydrogens is 263 g/mol. The van der Waals surface area contributed by atoms with E-state index in [9.17, 15) is 4.39 Å². The van der Waals surface area contributed by atoms with Crippen molar-refractivity contribution in [2.75, 3.05) is 18.0 Å². The molecule has 1 heterocycles. The summed E-state index contributed by atoms with van der Waals surface area (Å²) in [7, 11) is 0. The standard InChI is InChI=1S/C18H29FN2/c1-13(2)20-11-14-7-6-8-16(19)17(14)21-10-9-15(12-21)18(3,4)5/h6-8,13,15,20H,9-12H2,1-5H3. The Labute approximate surface area is 128 Å². The molecule has 0 aromatic heterocycles. The number of hydrogen-bond donors (Lipinski definition) is 1. The lowest BCUT2D eigenvalue weighted by Crippen LogP contribution is -2.28. The van der Waals surface area contributed by atoms with E-state index in [1.54, 1.807) is 6.07 Å². The maximum absolute atomic E-state index is 14.4. The number of rotatable bonds is 4. The second kappa shape index (κ2) is 6.35. The first-order valence-electron chi connectivity index (χ1n) is 8.04. The molecule has 0 saturated carbocycles. The molecule has 21 heavy (non-hydrogen) atoms. The SMILES string of the molecule is CC(C)NCc1cccc(F)c1N1CCC(C(C)(C)C)C1. The first kappa shape index (κ1) is 16.3. The predicted octanol–water partition coefficient (Wildman–Crippen LogP) is 4.20. The molecule has 2 nitrogen and oxygen atoms in total. The van der Waals surface area contributed by atoms with Crippen molar-refractivity contribution in [2.45, 2.75) is 53.6 Å². The molecule has 1 aromatic carbocycles. The number of hydrogen-bond acceptors (Lipinski definition) is 2. The average molecular weight is 292 g/mol. The van der Waals surface area contributed by atoms with Crippen molar-refractivity contribution in [3.8, 4) is 0 Å². The molecule has 1 N–H and O–H groups in total. The lowest BCUT2D eigenvalue weighted by Gasteiger charge is -2.28. The molecule has 0 radical (unpaired) electrons. The van der Waals surface area contributed by atoms with Crippen LogP contribution in [0.2, 0.25) is 0 Å². The van der Waals surface area contributed by atoms with Gasteiger partial charge in [0.1, 0.15) is 5.82 Å². The summed E-state index contributed by atoms with van der Waals surface area (Å²) in [6.45, 7) is 13.7. The second-order valence-corrected chi connectivity index (χ2v) is 7.58. The summed E-state index contributed by atoms with van der Waals surface area (Å²) in [6, 6.07) is 5.84. The number of nitrogens with zero attached hydrogens (tertiary/aromatic N) is 1. The van der Waals surface area contributed by atoms with Crippen LogP contribution in [0.3, 0.4) is 0 Å². The van der Waals surface area contributed by atoms with Crippen LogP contribution in [0, 0.1) is 17.2 Å². The van der Waals surface area contributed by atoms with Gasteiger partial charge in [-0.3, -0.25) is 0 Å². The summed E-state index contributed by atoms with van der Waals surface area (Å²) in [5, 5.41) is 3.40. The number of para-hydroxylation sites is 1. The summed E-state index contributed by atoms with van der Waals surface area (Å²) in [4.78, 5) is 2.24. The minimum atomic E-state index is -0.0902. The summed E-state index contributed by atoms with van der Waals surface area (Å²) >= 11 is 0. The molecule has 0 bridgehead atoms. The quantitative estimate of drug-likeness (QED) is 0.895. The van der Waals surface area contributed by atoms with Gasteiger partial charge >= 0.3 is 0 Å². The number of nitrogens with one attached hydrogen (secondary N) is 1. The van der Waals surface area contributed by atoms with E-state index in [1.165, 1.54) is 0 Å². The summed E-state index contributed by atoms with van der Waals surface area (Å²) in [6.07, 6.45) is 1.15. The zero-order valence-corrected chi connectivity index (χ0v) is 14.0. The summed E-state index contributed by atoms with van der Waals surface area (Å²) < 4.78 is 14.4. The molecular formula is C18H29FN2. The van der Waals surface area contributed by atoms with Gasteiger partial charge in [-0.25, -0.2) is 4.39 Å². The molecule has 1 atom stereocenters. The summed E-state index contributed by atoms with van der Waals surface area (Å²) in [5.41, 5.74) is 2.16. The van der Waals surface area contributed by atoms with Crippen molar-refractivity contribution in [3.05, 3.63) is 29.6 Å². The smallest absolute Gasteiger partial charge is 0.146 e. The van der Waals surface area contributed by atoms with E-state index >= 15 is 0 Å². The third-order valence-corrected chi connectivity index (χ3v) is 4.50. The van der Waals surface area contributed by atoms with E-state index in [1.807, 2.05) is 12.1 Å².